The molecule has 2 aromatic heterocycles. The zero-order chi connectivity index (χ0) is 18.5. The molecule has 0 atom stereocenters. The summed E-state index contributed by atoms with van der Waals surface area (Å²) in [6.07, 6.45) is 3.15. The highest BCUT2D eigenvalue weighted by molar-refractivity contribution is 6.30. The van der Waals surface area contributed by atoms with Gasteiger partial charge in [-0.3, -0.25) is 9.59 Å². The van der Waals surface area contributed by atoms with Gasteiger partial charge in [0.05, 0.1) is 5.56 Å². The van der Waals surface area contributed by atoms with Gasteiger partial charge in [0.1, 0.15) is 6.54 Å². The average molecular weight is 373 g/mol. The first-order valence-corrected chi connectivity index (χ1v) is 8.52. The van der Waals surface area contributed by atoms with Crippen molar-refractivity contribution >= 4 is 23.2 Å². The number of carbonyl (C=O) groups excluding carboxylic acids is 1. The van der Waals surface area contributed by atoms with Crippen LogP contribution in [0.2, 0.25) is 5.02 Å². The van der Waals surface area contributed by atoms with Crippen molar-refractivity contribution < 1.29 is 9.32 Å². The normalized spacial score (nSPS) is 10.7. The van der Waals surface area contributed by atoms with Gasteiger partial charge < -0.3 is 14.4 Å². The maximum absolute atomic E-state index is 12.2. The molecule has 8 heteroatoms. The average Bonchev–Trinajstić information content (AvgIpc) is 3.06. The summed E-state index contributed by atoms with van der Waals surface area (Å²) < 4.78 is 6.51. The quantitative estimate of drug-likeness (QED) is 0.717. The molecule has 26 heavy (non-hydrogen) atoms. The van der Waals surface area contributed by atoms with Crippen LogP contribution < -0.4 is 10.9 Å². The molecule has 0 fully saturated rings. The summed E-state index contributed by atoms with van der Waals surface area (Å²) in [5.74, 6) is 0.583. The van der Waals surface area contributed by atoms with Gasteiger partial charge in [0.15, 0.2) is 5.82 Å². The second-order valence-electron chi connectivity index (χ2n) is 5.71. The van der Waals surface area contributed by atoms with E-state index in [1.807, 2.05) is 6.92 Å². The van der Waals surface area contributed by atoms with Crippen molar-refractivity contribution in [3.8, 4) is 11.5 Å². The Kier molecular flexibility index (Phi) is 5.48. The van der Waals surface area contributed by atoms with E-state index in [4.69, 9.17) is 16.1 Å². The second kappa shape index (κ2) is 7.97. The van der Waals surface area contributed by atoms with E-state index in [-0.39, 0.29) is 18.0 Å². The highest BCUT2D eigenvalue weighted by Crippen LogP contribution is 2.17. The van der Waals surface area contributed by atoms with Gasteiger partial charge in [-0.25, -0.2) is 0 Å². The lowest BCUT2D eigenvalue weighted by atomic mass is 10.2. The fourth-order valence-corrected chi connectivity index (χ4v) is 2.59. The standard InChI is InChI=1S/C18H17ClN4O3/c1-2-4-15-21-18(26-22-15)12-7-8-17(25)23(10-12)11-16(24)20-14-6-3-5-13(19)9-14/h3,5-10H,2,4,11H2,1H3,(H,20,24). The molecule has 0 radical (unpaired) electrons. The summed E-state index contributed by atoms with van der Waals surface area (Å²) >= 11 is 5.90. The molecule has 0 aliphatic heterocycles. The van der Waals surface area contributed by atoms with E-state index in [0.29, 0.717) is 34.4 Å². The van der Waals surface area contributed by atoms with Crippen molar-refractivity contribution in [1.82, 2.24) is 14.7 Å². The number of pyridine rings is 1. The van der Waals surface area contributed by atoms with Crippen molar-refractivity contribution in [3.63, 3.8) is 0 Å². The highest BCUT2D eigenvalue weighted by Gasteiger charge is 2.11. The van der Waals surface area contributed by atoms with E-state index in [9.17, 15) is 9.59 Å². The third-order valence-electron chi connectivity index (χ3n) is 3.59. The third-order valence-corrected chi connectivity index (χ3v) is 3.83. The number of nitrogens with zero attached hydrogens (tertiary/aromatic N) is 3. The first-order valence-electron chi connectivity index (χ1n) is 8.14. The number of benzene rings is 1. The predicted octanol–water partition coefficient (Wildman–Crippen LogP) is 3.14. The van der Waals surface area contributed by atoms with E-state index in [1.165, 1.54) is 16.8 Å². The molecule has 0 saturated heterocycles. The van der Waals surface area contributed by atoms with Crippen molar-refractivity contribution in [2.45, 2.75) is 26.3 Å². The zero-order valence-electron chi connectivity index (χ0n) is 14.1. The Morgan fingerprint density at radius 1 is 1.31 bits per heavy atom. The molecule has 0 aliphatic rings. The molecule has 3 rings (SSSR count). The lowest BCUT2D eigenvalue weighted by molar-refractivity contribution is -0.116. The van der Waals surface area contributed by atoms with Gasteiger partial charge in [-0.05, 0) is 30.7 Å². The lowest BCUT2D eigenvalue weighted by Crippen LogP contribution is -2.26. The van der Waals surface area contributed by atoms with Crippen LogP contribution in [0.15, 0.2) is 51.9 Å². The number of hydrogen-bond acceptors (Lipinski definition) is 5. The summed E-state index contributed by atoms with van der Waals surface area (Å²) in [6, 6.07) is 9.75. The summed E-state index contributed by atoms with van der Waals surface area (Å²) in [7, 11) is 0. The molecule has 2 heterocycles. The smallest absolute Gasteiger partial charge is 0.259 e. The minimum atomic E-state index is -0.344. The first kappa shape index (κ1) is 17.9. The van der Waals surface area contributed by atoms with Crippen molar-refractivity contribution in [2.24, 2.45) is 0 Å². The number of nitrogens with one attached hydrogen (secondary N) is 1. The minimum Gasteiger partial charge on any atom is -0.334 e. The fraction of sp³-hybridized carbons (Fsp3) is 0.222. The summed E-state index contributed by atoms with van der Waals surface area (Å²) in [6.45, 7) is 1.88. The number of aryl methyl sites for hydroxylation is 1. The van der Waals surface area contributed by atoms with Crippen molar-refractivity contribution in [1.29, 1.82) is 0 Å². The maximum atomic E-state index is 12.2. The molecule has 0 saturated carbocycles. The first-order chi connectivity index (χ1) is 12.5. The Labute approximate surface area is 154 Å². The van der Waals surface area contributed by atoms with E-state index >= 15 is 0 Å². The highest BCUT2D eigenvalue weighted by atomic mass is 35.5. The SMILES string of the molecule is CCCc1noc(-c2ccc(=O)n(CC(=O)Nc3cccc(Cl)c3)c2)n1. The van der Waals surface area contributed by atoms with Crippen molar-refractivity contribution in [2.75, 3.05) is 5.32 Å². The van der Waals surface area contributed by atoms with Crippen molar-refractivity contribution in [3.05, 3.63) is 63.8 Å². The van der Waals surface area contributed by atoms with Gasteiger partial charge in [-0.1, -0.05) is 29.7 Å². The largest absolute Gasteiger partial charge is 0.334 e. The van der Waals surface area contributed by atoms with E-state index < -0.39 is 0 Å². The Balaban J connectivity index is 1.77. The molecule has 0 unspecified atom stereocenters. The van der Waals surface area contributed by atoms with Crippen LogP contribution in [-0.4, -0.2) is 20.6 Å². The Morgan fingerprint density at radius 2 is 2.15 bits per heavy atom. The number of hydrogen-bond donors (Lipinski definition) is 1. The Morgan fingerprint density at radius 3 is 2.92 bits per heavy atom. The minimum absolute atomic E-state index is 0.144. The van der Waals surface area contributed by atoms with Gasteiger partial charge in [-0.15, -0.1) is 0 Å². The summed E-state index contributed by atoms with van der Waals surface area (Å²) in [4.78, 5) is 28.6. The van der Waals surface area contributed by atoms with E-state index in [2.05, 4.69) is 15.5 Å². The Hall–Kier alpha value is -2.93. The van der Waals surface area contributed by atoms with Crippen LogP contribution in [0.3, 0.4) is 0 Å². The summed E-state index contributed by atoms with van der Waals surface area (Å²) in [5, 5.41) is 7.11. The van der Waals surface area contributed by atoms with E-state index in [0.717, 1.165) is 6.42 Å². The van der Waals surface area contributed by atoms with Gasteiger partial charge >= 0.3 is 0 Å². The molecular formula is C18H17ClN4O3. The number of aromatic nitrogens is 3. The molecule has 0 aliphatic carbocycles. The molecule has 0 spiro atoms. The van der Waals surface area contributed by atoms with E-state index in [1.54, 1.807) is 30.3 Å². The summed E-state index contributed by atoms with van der Waals surface area (Å²) in [5.41, 5.74) is 0.839. The number of amides is 1. The second-order valence-corrected chi connectivity index (χ2v) is 6.14. The van der Waals surface area contributed by atoms with Crippen LogP contribution in [0.1, 0.15) is 19.2 Å². The number of anilines is 1. The molecule has 134 valence electrons. The van der Waals surface area contributed by atoms with Gasteiger partial charge in [-0.2, -0.15) is 4.98 Å². The molecule has 3 aromatic rings. The molecule has 1 N–H and O–H groups in total. The number of halogens is 1. The van der Waals surface area contributed by atoms with Crippen LogP contribution in [0.4, 0.5) is 5.69 Å². The molecule has 1 aromatic carbocycles. The van der Waals surface area contributed by atoms with Gasteiger partial charge in [0.25, 0.3) is 11.4 Å². The Bertz CT molecular complexity index is 980. The van der Waals surface area contributed by atoms with Gasteiger partial charge in [0, 0.05) is 29.4 Å². The van der Waals surface area contributed by atoms with Crippen LogP contribution in [0.5, 0.6) is 0 Å². The monoisotopic (exact) mass is 372 g/mol. The maximum Gasteiger partial charge on any atom is 0.259 e. The van der Waals surface area contributed by atoms with Crippen LogP contribution in [-0.2, 0) is 17.8 Å². The topological polar surface area (TPSA) is 90.0 Å². The third kappa shape index (κ3) is 4.37. The molecular weight excluding hydrogens is 356 g/mol. The molecule has 7 nitrogen and oxygen atoms in total. The fourth-order valence-electron chi connectivity index (χ4n) is 2.40. The van der Waals surface area contributed by atoms with Gasteiger partial charge in [0.2, 0.25) is 5.91 Å². The molecule has 1 amide bonds. The number of rotatable bonds is 6. The lowest BCUT2D eigenvalue weighted by Gasteiger charge is -2.08. The predicted molar refractivity (Wildman–Crippen MR) is 98.1 cm³/mol. The number of carbonyl (C=O) groups is 1. The van der Waals surface area contributed by atoms with Crippen LogP contribution in [0.25, 0.3) is 11.5 Å². The zero-order valence-corrected chi connectivity index (χ0v) is 14.9. The molecule has 0 bridgehead atoms. The van der Waals surface area contributed by atoms with Crippen LogP contribution in [0, 0.1) is 0 Å². The van der Waals surface area contributed by atoms with Crippen LogP contribution >= 0.6 is 11.6 Å².